The molecule has 1 aromatic heterocycles. The van der Waals surface area contributed by atoms with Crippen molar-refractivity contribution in [1.29, 1.82) is 0 Å². The molecule has 4 rings (SSSR count). The van der Waals surface area contributed by atoms with Crippen molar-refractivity contribution in [3.05, 3.63) is 70.9 Å². The molecule has 1 N–H and O–H groups in total. The molecule has 0 saturated heterocycles. The van der Waals surface area contributed by atoms with Crippen LogP contribution in [0.15, 0.2) is 42.5 Å². The molecule has 40 heavy (non-hydrogen) atoms. The highest BCUT2D eigenvalue weighted by molar-refractivity contribution is 8.00. The maximum atomic E-state index is 15.2. The Bertz CT molecular complexity index is 1370. The summed E-state index contributed by atoms with van der Waals surface area (Å²) in [6.07, 6.45) is 0.626. The summed E-state index contributed by atoms with van der Waals surface area (Å²) < 4.78 is 41.1. The third-order valence-corrected chi connectivity index (χ3v) is 7.75. The predicted octanol–water partition coefficient (Wildman–Crippen LogP) is 4.78. The number of nitrogens with one attached hydrogen (secondary N) is 1. The monoisotopic (exact) mass is 572 g/mol. The zero-order valence-electron chi connectivity index (χ0n) is 23.3. The highest BCUT2D eigenvalue weighted by atomic mass is 32.2. The average Bonchev–Trinajstić information content (AvgIpc) is 3.25. The Morgan fingerprint density at radius 2 is 1.88 bits per heavy atom. The fraction of sp³-hybridized carbons (Fsp3) is 0.414. The van der Waals surface area contributed by atoms with E-state index in [0.29, 0.717) is 48.1 Å². The van der Waals surface area contributed by atoms with Crippen LogP contribution in [0.4, 0.5) is 14.6 Å². The smallest absolute Gasteiger partial charge is 0.240 e. The molecule has 8 nitrogen and oxygen atoms in total. The number of carbonyl (C=O) groups is 2. The number of amides is 2. The van der Waals surface area contributed by atoms with E-state index in [1.54, 1.807) is 43.2 Å². The van der Waals surface area contributed by atoms with Gasteiger partial charge in [-0.25, -0.2) is 13.5 Å². The van der Waals surface area contributed by atoms with Gasteiger partial charge in [-0.1, -0.05) is 26.8 Å². The Morgan fingerprint density at radius 3 is 2.50 bits per heavy atom. The van der Waals surface area contributed by atoms with Gasteiger partial charge in [0.15, 0.2) is 0 Å². The molecule has 0 saturated carbocycles. The van der Waals surface area contributed by atoms with Gasteiger partial charge in [-0.15, -0.1) is 11.8 Å². The summed E-state index contributed by atoms with van der Waals surface area (Å²) >= 11 is 1.23. The Morgan fingerprint density at radius 1 is 1.15 bits per heavy atom. The second kappa shape index (κ2) is 12.4. The third kappa shape index (κ3) is 6.31. The van der Waals surface area contributed by atoms with Gasteiger partial charge in [-0.2, -0.15) is 5.10 Å². The lowest BCUT2D eigenvalue weighted by atomic mass is 9.87. The highest BCUT2D eigenvalue weighted by Gasteiger charge is 2.40. The number of rotatable bonds is 9. The molecule has 1 atom stereocenters. The van der Waals surface area contributed by atoms with Crippen LogP contribution in [0.1, 0.15) is 49.3 Å². The molecule has 214 valence electrons. The number of carbonyl (C=O) groups excluding carboxylic acids is 2. The summed E-state index contributed by atoms with van der Waals surface area (Å²) in [5, 5.41) is 7.12. The van der Waals surface area contributed by atoms with Crippen LogP contribution in [-0.2, 0) is 19.7 Å². The number of nitrogens with zero attached hydrogens (tertiary/aromatic N) is 3. The number of thioether (sulfide) groups is 1. The molecule has 0 aliphatic carbocycles. The summed E-state index contributed by atoms with van der Waals surface area (Å²) in [7, 11) is 3.15. The van der Waals surface area contributed by atoms with Gasteiger partial charge >= 0.3 is 0 Å². The van der Waals surface area contributed by atoms with Crippen molar-refractivity contribution in [3.8, 4) is 11.4 Å². The normalized spacial score (nSPS) is 15.5. The van der Waals surface area contributed by atoms with E-state index >= 15 is 4.39 Å². The first-order valence-electron chi connectivity index (χ1n) is 13.0. The van der Waals surface area contributed by atoms with Gasteiger partial charge in [0.2, 0.25) is 11.8 Å². The number of ether oxygens (including phenoxy) is 2. The van der Waals surface area contributed by atoms with E-state index in [0.717, 1.165) is 6.07 Å². The van der Waals surface area contributed by atoms with Gasteiger partial charge < -0.3 is 14.8 Å². The summed E-state index contributed by atoms with van der Waals surface area (Å²) in [4.78, 5) is 28.1. The molecule has 2 aromatic carbocycles. The van der Waals surface area contributed by atoms with Crippen LogP contribution in [0.2, 0.25) is 0 Å². The molecule has 0 radical (unpaired) electrons. The predicted molar refractivity (Wildman–Crippen MR) is 151 cm³/mol. The molecule has 2 heterocycles. The molecular formula is C29H34F2N4O4S. The van der Waals surface area contributed by atoms with E-state index < -0.39 is 22.3 Å². The lowest BCUT2D eigenvalue weighted by Gasteiger charge is -2.24. The van der Waals surface area contributed by atoms with Crippen LogP contribution >= 0.6 is 11.8 Å². The second-order valence-electron chi connectivity index (χ2n) is 10.5. The molecule has 0 fully saturated rings. The molecule has 1 aliphatic heterocycles. The molecule has 0 spiro atoms. The number of aromatic nitrogens is 2. The van der Waals surface area contributed by atoms with Crippen molar-refractivity contribution in [2.45, 2.75) is 37.9 Å². The van der Waals surface area contributed by atoms with Crippen molar-refractivity contribution in [1.82, 2.24) is 15.1 Å². The summed E-state index contributed by atoms with van der Waals surface area (Å²) in [6.45, 7) is 6.59. The minimum Gasteiger partial charge on any atom is -0.497 e. The fourth-order valence-corrected chi connectivity index (χ4v) is 5.80. The van der Waals surface area contributed by atoms with Crippen LogP contribution in [-0.4, -0.2) is 61.3 Å². The van der Waals surface area contributed by atoms with Crippen LogP contribution in [0.5, 0.6) is 5.75 Å². The van der Waals surface area contributed by atoms with Crippen molar-refractivity contribution in [2.75, 3.05) is 44.6 Å². The summed E-state index contributed by atoms with van der Waals surface area (Å²) in [5.41, 5.74) is 1.61. The van der Waals surface area contributed by atoms with E-state index in [9.17, 15) is 14.0 Å². The first kappa shape index (κ1) is 29.5. The van der Waals surface area contributed by atoms with Gasteiger partial charge in [0.05, 0.1) is 29.5 Å². The molecule has 3 aromatic rings. The molecular weight excluding hydrogens is 538 g/mol. The first-order chi connectivity index (χ1) is 19.0. The number of benzene rings is 2. The van der Waals surface area contributed by atoms with Gasteiger partial charge in [0, 0.05) is 42.9 Å². The maximum absolute atomic E-state index is 15.2. The van der Waals surface area contributed by atoms with Crippen LogP contribution < -0.4 is 15.0 Å². The Kier molecular flexibility index (Phi) is 9.15. The number of halogens is 2. The van der Waals surface area contributed by atoms with Gasteiger partial charge in [-0.3, -0.25) is 14.5 Å². The van der Waals surface area contributed by atoms with Gasteiger partial charge in [-0.05, 0) is 36.8 Å². The summed E-state index contributed by atoms with van der Waals surface area (Å²) in [5.74, 6) is -1.05. The number of anilines is 1. The molecule has 11 heteroatoms. The van der Waals surface area contributed by atoms with E-state index in [4.69, 9.17) is 14.6 Å². The van der Waals surface area contributed by atoms with Crippen molar-refractivity contribution < 1.29 is 27.8 Å². The SMILES string of the molecule is COCCCNC(=O)CN1C(=O)CSC(c2ccc(F)cc2F)c2c(C(C)(C)C)nn(-c3ccc(OC)cc3)c21. The number of hydrogen-bond acceptors (Lipinski definition) is 6. The molecule has 2 amide bonds. The van der Waals surface area contributed by atoms with Crippen molar-refractivity contribution in [2.24, 2.45) is 0 Å². The first-order valence-corrected chi connectivity index (χ1v) is 14.0. The number of methoxy groups -OCH3 is 2. The Labute approximate surface area is 237 Å². The van der Waals surface area contributed by atoms with Crippen LogP contribution in [0.25, 0.3) is 5.69 Å². The maximum Gasteiger partial charge on any atom is 0.240 e. The Balaban J connectivity index is 1.92. The lowest BCUT2D eigenvalue weighted by molar-refractivity contribution is -0.122. The van der Waals surface area contributed by atoms with Gasteiger partial charge in [0.25, 0.3) is 0 Å². The molecule has 0 bridgehead atoms. The number of hydrogen-bond donors (Lipinski definition) is 1. The van der Waals surface area contributed by atoms with E-state index in [-0.39, 0.29) is 29.7 Å². The third-order valence-electron chi connectivity index (χ3n) is 6.51. The quantitative estimate of drug-likeness (QED) is 0.372. The Hall–Kier alpha value is -3.44. The fourth-order valence-electron chi connectivity index (χ4n) is 4.58. The minimum atomic E-state index is -0.711. The van der Waals surface area contributed by atoms with E-state index in [2.05, 4.69) is 5.32 Å². The van der Waals surface area contributed by atoms with E-state index in [1.165, 1.54) is 28.8 Å². The molecule has 1 aliphatic rings. The average molecular weight is 573 g/mol. The zero-order valence-corrected chi connectivity index (χ0v) is 24.1. The summed E-state index contributed by atoms with van der Waals surface area (Å²) in [6, 6.07) is 10.6. The van der Waals surface area contributed by atoms with Crippen molar-refractivity contribution in [3.63, 3.8) is 0 Å². The van der Waals surface area contributed by atoms with Gasteiger partial charge in [0.1, 0.15) is 29.7 Å². The lowest BCUT2D eigenvalue weighted by Crippen LogP contribution is -2.42. The number of fused-ring (bicyclic) bond motifs is 1. The highest BCUT2D eigenvalue weighted by Crippen LogP contribution is 2.49. The van der Waals surface area contributed by atoms with Crippen LogP contribution in [0, 0.1) is 11.6 Å². The topological polar surface area (TPSA) is 85.7 Å². The largest absolute Gasteiger partial charge is 0.497 e. The molecule has 1 unspecified atom stereocenters. The standard InChI is InChI=1S/C29H34F2N4O4S/c1-29(2,3)27-25-26(21-12-7-18(30)15-22(21)31)40-17-24(37)34(16-23(36)32-13-6-14-38-4)28(25)35(33-27)19-8-10-20(39-5)11-9-19/h7-12,15,26H,6,13-14,16-17H2,1-5H3,(H,32,36). The van der Waals surface area contributed by atoms with Crippen LogP contribution in [0.3, 0.4) is 0 Å². The minimum absolute atomic E-state index is 0.0146. The van der Waals surface area contributed by atoms with Crippen molar-refractivity contribution >= 4 is 29.4 Å². The van der Waals surface area contributed by atoms with E-state index in [1.807, 2.05) is 20.8 Å². The zero-order chi connectivity index (χ0) is 29.0. The second-order valence-corrected chi connectivity index (χ2v) is 11.6.